The second-order valence-corrected chi connectivity index (χ2v) is 5.06. The summed E-state index contributed by atoms with van der Waals surface area (Å²) in [6.45, 7) is 1.97. The average Bonchev–Trinajstić information content (AvgIpc) is 2.55. The summed E-state index contributed by atoms with van der Waals surface area (Å²) < 4.78 is 5.40. The number of rotatable bonds is 2. The monoisotopic (exact) mass is 292 g/mol. The van der Waals surface area contributed by atoms with E-state index in [-0.39, 0.29) is 0 Å². The van der Waals surface area contributed by atoms with Gasteiger partial charge in [-0.25, -0.2) is 9.78 Å². The fourth-order valence-electron chi connectivity index (χ4n) is 2.29. The number of aryl methyl sites for hydroxylation is 1. The van der Waals surface area contributed by atoms with Crippen molar-refractivity contribution in [2.75, 3.05) is 11.9 Å². The number of anilines is 1. The Balaban J connectivity index is 1.85. The smallest absolute Gasteiger partial charge is 0.391 e. The molecule has 0 radical (unpaired) electrons. The van der Waals surface area contributed by atoms with Crippen molar-refractivity contribution in [2.45, 2.75) is 6.92 Å². The third-order valence-corrected chi connectivity index (χ3v) is 3.51. The molecule has 0 atom stereocenters. The molecule has 0 fully saturated rings. The van der Waals surface area contributed by atoms with Crippen molar-refractivity contribution in [3.05, 3.63) is 66.2 Å². The lowest BCUT2D eigenvalue weighted by Crippen LogP contribution is -2.29. The van der Waals surface area contributed by atoms with Gasteiger partial charge in [-0.15, -0.1) is 0 Å². The summed E-state index contributed by atoms with van der Waals surface area (Å²) in [5.74, 6) is 0.309. The van der Waals surface area contributed by atoms with Gasteiger partial charge in [0.2, 0.25) is 5.88 Å². The molecular formula is C18H16N2O2. The normalized spacial score (nSPS) is 10.5. The van der Waals surface area contributed by atoms with Gasteiger partial charge in [-0.1, -0.05) is 36.4 Å². The fraction of sp³-hybridized carbons (Fsp3) is 0.111. The van der Waals surface area contributed by atoms with Crippen LogP contribution in [0.1, 0.15) is 5.56 Å². The Bertz CT molecular complexity index is 816. The molecule has 3 aromatic rings. The minimum Gasteiger partial charge on any atom is -0.391 e. The predicted molar refractivity (Wildman–Crippen MR) is 87.3 cm³/mol. The van der Waals surface area contributed by atoms with Gasteiger partial charge in [-0.05, 0) is 30.7 Å². The zero-order valence-corrected chi connectivity index (χ0v) is 12.5. The maximum atomic E-state index is 12.2. The van der Waals surface area contributed by atoms with Gasteiger partial charge in [0, 0.05) is 24.2 Å². The molecule has 0 bridgehead atoms. The molecule has 4 heteroatoms. The van der Waals surface area contributed by atoms with Crippen molar-refractivity contribution in [1.29, 1.82) is 0 Å². The van der Waals surface area contributed by atoms with E-state index in [1.165, 1.54) is 4.90 Å². The van der Waals surface area contributed by atoms with E-state index in [0.29, 0.717) is 5.88 Å². The van der Waals surface area contributed by atoms with Crippen molar-refractivity contribution < 1.29 is 9.53 Å². The molecule has 0 N–H and O–H groups in total. The topological polar surface area (TPSA) is 42.4 Å². The summed E-state index contributed by atoms with van der Waals surface area (Å²) in [7, 11) is 1.67. The van der Waals surface area contributed by atoms with E-state index >= 15 is 0 Å². The number of aromatic nitrogens is 1. The summed E-state index contributed by atoms with van der Waals surface area (Å²) in [5, 5.41) is 1.05. The average molecular weight is 292 g/mol. The first kappa shape index (κ1) is 14.1. The van der Waals surface area contributed by atoms with Gasteiger partial charge in [0.25, 0.3) is 0 Å². The molecule has 3 rings (SSSR count). The van der Waals surface area contributed by atoms with E-state index in [2.05, 4.69) is 4.98 Å². The molecule has 0 unspecified atom stereocenters. The first-order valence-electron chi connectivity index (χ1n) is 7.02. The maximum absolute atomic E-state index is 12.2. The van der Waals surface area contributed by atoms with E-state index in [4.69, 9.17) is 4.74 Å². The molecule has 4 nitrogen and oxygen atoms in total. The molecule has 0 saturated carbocycles. The number of benzene rings is 2. The minimum atomic E-state index is -0.464. The number of para-hydroxylation sites is 2. The molecule has 0 aliphatic carbocycles. The van der Waals surface area contributed by atoms with Crippen molar-refractivity contribution in [2.24, 2.45) is 0 Å². The second-order valence-electron chi connectivity index (χ2n) is 5.06. The largest absolute Gasteiger partial charge is 0.420 e. The lowest BCUT2D eigenvalue weighted by molar-refractivity contribution is 0.207. The van der Waals surface area contributed by atoms with Crippen LogP contribution in [0.4, 0.5) is 10.5 Å². The highest BCUT2D eigenvalue weighted by Crippen LogP contribution is 2.22. The number of hydrogen-bond donors (Lipinski definition) is 0. The molecule has 0 spiro atoms. The summed E-state index contributed by atoms with van der Waals surface area (Å²) >= 11 is 0. The number of hydrogen-bond acceptors (Lipinski definition) is 3. The highest BCUT2D eigenvalue weighted by Gasteiger charge is 2.14. The molecule has 0 aliphatic rings. The lowest BCUT2D eigenvalue weighted by atomic mass is 10.1. The second kappa shape index (κ2) is 5.85. The Morgan fingerprint density at radius 3 is 2.50 bits per heavy atom. The van der Waals surface area contributed by atoms with Crippen LogP contribution in [-0.2, 0) is 0 Å². The van der Waals surface area contributed by atoms with Crippen molar-refractivity contribution in [3.8, 4) is 5.88 Å². The highest BCUT2D eigenvalue weighted by atomic mass is 16.6. The third kappa shape index (κ3) is 2.76. The maximum Gasteiger partial charge on any atom is 0.420 e. The van der Waals surface area contributed by atoms with Crippen LogP contribution in [0.2, 0.25) is 0 Å². The molecule has 110 valence electrons. The van der Waals surface area contributed by atoms with Crippen LogP contribution in [0.15, 0.2) is 60.7 Å². The molecule has 1 heterocycles. The Hall–Kier alpha value is -2.88. The molecule has 1 amide bonds. The van der Waals surface area contributed by atoms with E-state index in [1.807, 2.05) is 61.5 Å². The third-order valence-electron chi connectivity index (χ3n) is 3.51. The molecule has 0 aliphatic heterocycles. The van der Waals surface area contributed by atoms with Crippen LogP contribution in [0, 0.1) is 6.92 Å². The van der Waals surface area contributed by atoms with Crippen LogP contribution >= 0.6 is 0 Å². The summed E-state index contributed by atoms with van der Waals surface area (Å²) in [4.78, 5) is 18.1. The summed E-state index contributed by atoms with van der Waals surface area (Å²) in [6.07, 6.45) is -0.464. The number of pyridine rings is 1. The fourth-order valence-corrected chi connectivity index (χ4v) is 2.29. The molecule has 0 saturated heterocycles. The van der Waals surface area contributed by atoms with Crippen molar-refractivity contribution in [1.82, 2.24) is 4.98 Å². The minimum absolute atomic E-state index is 0.309. The van der Waals surface area contributed by atoms with Gasteiger partial charge in [0.05, 0.1) is 5.52 Å². The van der Waals surface area contributed by atoms with Crippen LogP contribution in [-0.4, -0.2) is 18.1 Å². The van der Waals surface area contributed by atoms with Gasteiger partial charge in [-0.2, -0.15) is 0 Å². The molecule has 1 aromatic heterocycles. The number of amides is 1. The SMILES string of the molecule is Cc1cc(OC(=O)N(C)c2ccccc2)nc2ccccc12. The quantitative estimate of drug-likeness (QED) is 0.711. The van der Waals surface area contributed by atoms with Crippen LogP contribution in [0.5, 0.6) is 5.88 Å². The van der Waals surface area contributed by atoms with Gasteiger partial charge < -0.3 is 4.74 Å². The van der Waals surface area contributed by atoms with E-state index in [0.717, 1.165) is 22.2 Å². The summed E-state index contributed by atoms with van der Waals surface area (Å²) in [6, 6.07) is 18.9. The number of ether oxygens (including phenoxy) is 1. The summed E-state index contributed by atoms with van der Waals surface area (Å²) in [5.41, 5.74) is 2.61. The Kier molecular flexibility index (Phi) is 3.74. The van der Waals surface area contributed by atoms with Crippen molar-refractivity contribution in [3.63, 3.8) is 0 Å². The van der Waals surface area contributed by atoms with Crippen LogP contribution < -0.4 is 9.64 Å². The zero-order valence-electron chi connectivity index (χ0n) is 12.5. The first-order chi connectivity index (χ1) is 10.6. The predicted octanol–water partition coefficient (Wildman–Crippen LogP) is 4.18. The Morgan fingerprint density at radius 1 is 1.05 bits per heavy atom. The molecular weight excluding hydrogens is 276 g/mol. The van der Waals surface area contributed by atoms with Gasteiger partial charge >= 0.3 is 6.09 Å². The number of fused-ring (bicyclic) bond motifs is 1. The van der Waals surface area contributed by atoms with Gasteiger partial charge in [0.1, 0.15) is 0 Å². The van der Waals surface area contributed by atoms with Gasteiger partial charge in [0.15, 0.2) is 0 Å². The highest BCUT2D eigenvalue weighted by molar-refractivity contribution is 5.89. The number of nitrogens with zero attached hydrogens (tertiary/aromatic N) is 2. The van der Waals surface area contributed by atoms with Crippen LogP contribution in [0.25, 0.3) is 10.9 Å². The van der Waals surface area contributed by atoms with Crippen LogP contribution in [0.3, 0.4) is 0 Å². The number of carbonyl (C=O) groups excluding carboxylic acids is 1. The van der Waals surface area contributed by atoms with E-state index in [1.54, 1.807) is 13.1 Å². The standard InChI is InChI=1S/C18H16N2O2/c1-13-12-17(19-16-11-7-6-10-15(13)16)22-18(21)20(2)14-8-4-3-5-9-14/h3-12H,1-2H3. The first-order valence-corrected chi connectivity index (χ1v) is 7.02. The van der Waals surface area contributed by atoms with Gasteiger partial charge in [-0.3, -0.25) is 4.90 Å². The van der Waals surface area contributed by atoms with Crippen molar-refractivity contribution >= 4 is 22.7 Å². The van der Waals surface area contributed by atoms with E-state index in [9.17, 15) is 4.79 Å². The van der Waals surface area contributed by atoms with E-state index < -0.39 is 6.09 Å². The number of carbonyl (C=O) groups is 1. The Morgan fingerprint density at radius 2 is 1.73 bits per heavy atom. The Labute approximate surface area is 129 Å². The molecule has 2 aromatic carbocycles. The lowest BCUT2D eigenvalue weighted by Gasteiger charge is -2.16. The molecule has 22 heavy (non-hydrogen) atoms. The zero-order chi connectivity index (χ0) is 15.5.